The summed E-state index contributed by atoms with van der Waals surface area (Å²) in [5, 5.41) is 6.48. The number of anilines is 3. The minimum Gasteiger partial charge on any atom is -0.406 e. The van der Waals surface area contributed by atoms with E-state index in [1.807, 2.05) is 0 Å². The van der Waals surface area contributed by atoms with Crippen molar-refractivity contribution >= 4 is 17.5 Å². The van der Waals surface area contributed by atoms with Crippen LogP contribution in [-0.2, 0) is 0 Å². The summed E-state index contributed by atoms with van der Waals surface area (Å²) in [4.78, 5) is 16.0. The Morgan fingerprint density at radius 2 is 1.79 bits per heavy atom. The van der Waals surface area contributed by atoms with Gasteiger partial charge in [0.15, 0.2) is 11.5 Å². The molecule has 29 heavy (non-hydrogen) atoms. The fraction of sp³-hybridized carbons (Fsp3) is 0.389. The molecule has 4 rings (SSSR count). The molecule has 1 aliphatic carbocycles. The summed E-state index contributed by atoms with van der Waals surface area (Å²) in [6.07, 6.45) is 0.478. The Balaban J connectivity index is 1.52. The zero-order valence-corrected chi connectivity index (χ0v) is 15.3. The van der Waals surface area contributed by atoms with E-state index in [4.69, 9.17) is 5.73 Å². The maximum absolute atomic E-state index is 12.3. The van der Waals surface area contributed by atoms with Gasteiger partial charge < -0.3 is 26.1 Å². The normalized spacial score (nSPS) is 19.9. The number of hydrogen-bond donors (Lipinski definition) is 4. The lowest BCUT2D eigenvalue weighted by Gasteiger charge is -2.27. The van der Waals surface area contributed by atoms with Gasteiger partial charge in [0, 0.05) is 17.8 Å². The van der Waals surface area contributed by atoms with Gasteiger partial charge >= 0.3 is 6.36 Å². The number of nitrogens with one attached hydrogen (secondary N) is 3. The van der Waals surface area contributed by atoms with Gasteiger partial charge in [0.25, 0.3) is 0 Å². The molecule has 1 aromatic carbocycles. The molecule has 0 radical (unpaired) electrons. The average molecular weight is 407 g/mol. The summed E-state index contributed by atoms with van der Waals surface area (Å²) in [5.41, 5.74) is 7.04. The first-order valence-corrected chi connectivity index (χ1v) is 9.21. The number of aromatic nitrogens is 4. The molecule has 3 aliphatic rings. The van der Waals surface area contributed by atoms with E-state index in [-0.39, 0.29) is 17.8 Å². The number of halogens is 3. The number of aromatic amines is 1. The highest BCUT2D eigenvalue weighted by molar-refractivity contribution is 5.73. The molecule has 0 atom stereocenters. The minimum atomic E-state index is -4.73. The molecule has 0 aromatic heterocycles. The van der Waals surface area contributed by atoms with Gasteiger partial charge in [0.05, 0.1) is 0 Å². The predicted octanol–water partition coefficient (Wildman–Crippen LogP) is 3.63. The lowest BCUT2D eigenvalue weighted by atomic mass is 9.92. The van der Waals surface area contributed by atoms with Gasteiger partial charge in [-0.2, -0.15) is 4.98 Å². The SMILES string of the molecule is N[C@H]1CC[C@H](Nc2nc3ncnc-3c(Nc3ccc(OC(F)(F)F)cc3)[nH]2)CC1. The molecule has 0 amide bonds. The second-order valence-electron chi connectivity index (χ2n) is 6.96. The molecule has 11 heteroatoms. The van der Waals surface area contributed by atoms with Crippen molar-refractivity contribution in [2.75, 3.05) is 10.6 Å². The van der Waals surface area contributed by atoms with E-state index in [9.17, 15) is 13.2 Å². The summed E-state index contributed by atoms with van der Waals surface area (Å²) in [6, 6.07) is 5.92. The molecule has 8 nitrogen and oxygen atoms in total. The Labute approximate surface area is 164 Å². The second-order valence-corrected chi connectivity index (χ2v) is 6.96. The van der Waals surface area contributed by atoms with Crippen molar-refractivity contribution in [3.05, 3.63) is 30.6 Å². The number of alkyl halides is 3. The van der Waals surface area contributed by atoms with Gasteiger partial charge in [-0.3, -0.25) is 0 Å². The quantitative estimate of drug-likeness (QED) is 0.511. The number of imidazole rings is 1. The van der Waals surface area contributed by atoms with Crippen molar-refractivity contribution in [3.63, 3.8) is 0 Å². The molecule has 1 saturated carbocycles. The number of hydrogen-bond acceptors (Lipinski definition) is 7. The molecular weight excluding hydrogens is 387 g/mol. The van der Waals surface area contributed by atoms with Crippen LogP contribution in [-0.4, -0.2) is 38.4 Å². The standard InChI is InChI=1S/C18H20F3N7O/c19-18(20,21)29-13-7-5-11(6-8-13)25-16-14-15(24-9-23-14)27-17(28-16)26-12-3-1-10(22)2-4-12/h5-10,12H,1-4,22H2,(H3,23,24,25,26,27,28)/t10-,12-. The van der Waals surface area contributed by atoms with Gasteiger partial charge in [0.1, 0.15) is 17.9 Å². The number of benzene rings is 1. The van der Waals surface area contributed by atoms with E-state index in [0.29, 0.717) is 29.0 Å². The van der Waals surface area contributed by atoms with E-state index in [1.54, 1.807) is 0 Å². The van der Waals surface area contributed by atoms with Crippen molar-refractivity contribution in [3.8, 4) is 17.3 Å². The van der Waals surface area contributed by atoms with Crippen molar-refractivity contribution in [1.82, 2.24) is 19.9 Å². The lowest BCUT2D eigenvalue weighted by Crippen LogP contribution is -2.33. The van der Waals surface area contributed by atoms with E-state index >= 15 is 0 Å². The van der Waals surface area contributed by atoms with Crippen molar-refractivity contribution in [2.24, 2.45) is 5.73 Å². The van der Waals surface area contributed by atoms with Crippen LogP contribution in [0.5, 0.6) is 5.75 Å². The molecule has 0 spiro atoms. The van der Waals surface area contributed by atoms with Crippen LogP contribution in [0.25, 0.3) is 11.5 Å². The fourth-order valence-electron chi connectivity index (χ4n) is 3.33. The highest BCUT2D eigenvalue weighted by atomic mass is 19.4. The highest BCUT2D eigenvalue weighted by Crippen LogP contribution is 2.30. The zero-order valence-electron chi connectivity index (χ0n) is 15.3. The number of nitrogens with zero attached hydrogens (tertiary/aromatic N) is 3. The van der Waals surface area contributed by atoms with Crippen LogP contribution in [0, 0.1) is 0 Å². The van der Waals surface area contributed by atoms with Gasteiger partial charge in [-0.1, -0.05) is 0 Å². The molecular formula is C18H20F3N7O. The topological polar surface area (TPSA) is 114 Å². The van der Waals surface area contributed by atoms with Crippen LogP contribution in [0.4, 0.5) is 30.6 Å². The summed E-state index contributed by atoms with van der Waals surface area (Å²) < 4.78 is 40.8. The smallest absolute Gasteiger partial charge is 0.406 e. The van der Waals surface area contributed by atoms with Gasteiger partial charge in [-0.15, -0.1) is 13.2 Å². The maximum atomic E-state index is 12.3. The molecule has 0 bridgehead atoms. The molecule has 1 fully saturated rings. The third kappa shape index (κ3) is 4.86. The summed E-state index contributed by atoms with van der Waals surface area (Å²) in [7, 11) is 0. The Hall–Kier alpha value is -3.08. The van der Waals surface area contributed by atoms with Crippen molar-refractivity contribution in [1.29, 1.82) is 0 Å². The van der Waals surface area contributed by atoms with Crippen LogP contribution in [0.15, 0.2) is 30.6 Å². The fourth-order valence-corrected chi connectivity index (χ4v) is 3.33. The van der Waals surface area contributed by atoms with Crippen LogP contribution in [0.3, 0.4) is 0 Å². The lowest BCUT2D eigenvalue weighted by molar-refractivity contribution is -0.274. The summed E-state index contributed by atoms with van der Waals surface area (Å²) >= 11 is 0. The van der Waals surface area contributed by atoms with Gasteiger partial charge in [0.2, 0.25) is 5.95 Å². The third-order valence-electron chi connectivity index (χ3n) is 4.75. The third-order valence-corrected chi connectivity index (χ3v) is 4.75. The van der Waals surface area contributed by atoms with Crippen LogP contribution >= 0.6 is 0 Å². The van der Waals surface area contributed by atoms with Gasteiger partial charge in [-0.25, -0.2) is 9.97 Å². The number of H-pyrrole nitrogens is 1. The van der Waals surface area contributed by atoms with E-state index < -0.39 is 6.36 Å². The Bertz CT molecular complexity index is 920. The zero-order chi connectivity index (χ0) is 20.4. The molecule has 0 saturated heterocycles. The van der Waals surface area contributed by atoms with Crippen LogP contribution in [0.2, 0.25) is 0 Å². The second kappa shape index (κ2) is 7.74. The minimum absolute atomic E-state index is 0.245. The molecule has 1 aromatic rings. The monoisotopic (exact) mass is 407 g/mol. The maximum Gasteiger partial charge on any atom is 0.573 e. The average Bonchev–Trinajstić information content (AvgIpc) is 3.13. The molecule has 0 unspecified atom stereocenters. The molecule has 2 aliphatic heterocycles. The van der Waals surface area contributed by atoms with Crippen molar-refractivity contribution in [2.45, 2.75) is 44.1 Å². The Kier molecular flexibility index (Phi) is 5.14. The summed E-state index contributed by atoms with van der Waals surface area (Å²) in [5.74, 6) is 1.24. The van der Waals surface area contributed by atoms with Crippen molar-refractivity contribution < 1.29 is 17.9 Å². The predicted molar refractivity (Wildman–Crippen MR) is 101 cm³/mol. The first-order chi connectivity index (χ1) is 13.9. The Morgan fingerprint density at radius 1 is 1.07 bits per heavy atom. The molecule has 154 valence electrons. The first-order valence-electron chi connectivity index (χ1n) is 9.21. The van der Waals surface area contributed by atoms with E-state index in [1.165, 1.54) is 30.6 Å². The Morgan fingerprint density at radius 3 is 2.48 bits per heavy atom. The number of nitrogens with two attached hydrogens (primary N) is 1. The molecule has 2 heterocycles. The van der Waals surface area contributed by atoms with E-state index in [0.717, 1.165) is 25.7 Å². The first kappa shape index (κ1) is 19.2. The molecule has 5 N–H and O–H groups in total. The summed E-state index contributed by atoms with van der Waals surface area (Å²) in [6.45, 7) is 0. The van der Waals surface area contributed by atoms with Crippen LogP contribution < -0.4 is 21.1 Å². The highest BCUT2D eigenvalue weighted by Gasteiger charge is 2.31. The largest absolute Gasteiger partial charge is 0.573 e. The number of fused-ring (bicyclic) bond motifs is 1. The van der Waals surface area contributed by atoms with Crippen LogP contribution in [0.1, 0.15) is 25.7 Å². The van der Waals surface area contributed by atoms with E-state index in [2.05, 4.69) is 35.3 Å². The van der Waals surface area contributed by atoms with Gasteiger partial charge in [-0.05, 0) is 49.9 Å². The number of rotatable bonds is 5. The number of ether oxygens (including phenoxy) is 1.